The lowest BCUT2D eigenvalue weighted by molar-refractivity contribution is 0.103. The van der Waals surface area contributed by atoms with E-state index >= 15 is 0 Å². The van der Waals surface area contributed by atoms with Crippen LogP contribution in [0.5, 0.6) is 0 Å². The Balaban J connectivity index is 1.72. The van der Waals surface area contributed by atoms with E-state index in [-0.39, 0.29) is 5.91 Å². The molecule has 0 radical (unpaired) electrons. The number of benzene rings is 2. The molecule has 0 atom stereocenters. The first-order chi connectivity index (χ1) is 15.0. The average Bonchev–Trinajstić information content (AvgIpc) is 3.10. The lowest BCUT2D eigenvalue weighted by atomic mass is 9.92. The molecule has 0 bridgehead atoms. The number of hydrogen-bond donors (Lipinski definition) is 2. The molecule has 3 N–H and O–H groups in total. The number of nitrogens with one attached hydrogen (secondary N) is 1. The number of nitrogens with zero attached hydrogens (tertiary/aromatic N) is 2. The number of nitrogen functional groups attached to an aromatic ring is 1. The van der Waals surface area contributed by atoms with E-state index in [1.165, 1.54) is 11.3 Å². The van der Waals surface area contributed by atoms with Crippen molar-refractivity contribution in [1.82, 2.24) is 9.88 Å². The van der Waals surface area contributed by atoms with Crippen LogP contribution >= 0.6 is 22.9 Å². The number of fused-ring (bicyclic) bond motifs is 2. The Labute approximate surface area is 189 Å². The highest BCUT2D eigenvalue weighted by Crippen LogP contribution is 2.45. The van der Waals surface area contributed by atoms with Gasteiger partial charge in [0.15, 0.2) is 0 Å². The van der Waals surface area contributed by atoms with E-state index in [9.17, 15) is 4.79 Å². The minimum Gasteiger partial charge on any atom is -0.397 e. The molecule has 5 rings (SSSR count). The van der Waals surface area contributed by atoms with E-state index in [0.717, 1.165) is 57.8 Å². The molecule has 2 aromatic carbocycles. The lowest BCUT2D eigenvalue weighted by Gasteiger charge is -2.27. The minimum absolute atomic E-state index is 0.230. The fourth-order valence-corrected chi connectivity index (χ4v) is 5.35. The molecule has 31 heavy (non-hydrogen) atoms. The van der Waals surface area contributed by atoms with Crippen molar-refractivity contribution < 1.29 is 4.79 Å². The molecular formula is C24H21ClN4OS. The maximum absolute atomic E-state index is 13.0. The summed E-state index contributed by atoms with van der Waals surface area (Å²) in [5.41, 5.74) is 11.9. The van der Waals surface area contributed by atoms with E-state index in [2.05, 4.69) is 17.3 Å². The first-order valence-corrected chi connectivity index (χ1v) is 11.3. The molecule has 5 nitrogen and oxygen atoms in total. The molecule has 0 fully saturated rings. The van der Waals surface area contributed by atoms with Crippen LogP contribution in [0.15, 0.2) is 54.6 Å². The van der Waals surface area contributed by atoms with E-state index in [0.29, 0.717) is 15.6 Å². The van der Waals surface area contributed by atoms with Gasteiger partial charge in [0.2, 0.25) is 0 Å². The van der Waals surface area contributed by atoms with Crippen LogP contribution in [0.3, 0.4) is 0 Å². The summed E-state index contributed by atoms with van der Waals surface area (Å²) in [4.78, 5) is 21.5. The number of carbonyl (C=O) groups is 1. The number of aromatic nitrogens is 1. The van der Waals surface area contributed by atoms with Crippen LogP contribution in [0.2, 0.25) is 5.02 Å². The van der Waals surface area contributed by atoms with Crippen molar-refractivity contribution in [2.45, 2.75) is 13.0 Å². The highest BCUT2D eigenvalue weighted by molar-refractivity contribution is 7.21. The quantitative estimate of drug-likeness (QED) is 0.437. The third-order valence-corrected chi connectivity index (χ3v) is 7.03. The van der Waals surface area contributed by atoms with Crippen molar-refractivity contribution in [3.8, 4) is 11.1 Å². The van der Waals surface area contributed by atoms with Gasteiger partial charge in [-0.3, -0.25) is 4.79 Å². The van der Waals surface area contributed by atoms with Crippen LogP contribution in [-0.4, -0.2) is 29.4 Å². The SMILES string of the molecule is CN1CCc2nc3sc(C(=O)Nc4ccccc4)c(N)c3c(-c3ccccc3Cl)c2C1. The summed E-state index contributed by atoms with van der Waals surface area (Å²) in [5, 5.41) is 4.41. The Morgan fingerprint density at radius 2 is 1.90 bits per heavy atom. The van der Waals surface area contributed by atoms with Crippen LogP contribution in [0.4, 0.5) is 11.4 Å². The van der Waals surface area contributed by atoms with Crippen LogP contribution in [0.25, 0.3) is 21.3 Å². The number of rotatable bonds is 3. The maximum Gasteiger partial charge on any atom is 0.267 e. The van der Waals surface area contributed by atoms with Gasteiger partial charge in [-0.15, -0.1) is 11.3 Å². The largest absolute Gasteiger partial charge is 0.397 e. The van der Waals surface area contributed by atoms with Gasteiger partial charge >= 0.3 is 0 Å². The summed E-state index contributed by atoms with van der Waals surface area (Å²) < 4.78 is 0. The Morgan fingerprint density at radius 3 is 2.68 bits per heavy atom. The number of thiophene rings is 1. The van der Waals surface area contributed by atoms with Crippen LogP contribution in [-0.2, 0) is 13.0 Å². The molecule has 1 amide bonds. The Hall–Kier alpha value is -2.93. The maximum atomic E-state index is 13.0. The second-order valence-electron chi connectivity index (χ2n) is 7.72. The monoisotopic (exact) mass is 448 g/mol. The summed E-state index contributed by atoms with van der Waals surface area (Å²) in [7, 11) is 2.10. The summed E-state index contributed by atoms with van der Waals surface area (Å²) in [6.45, 7) is 1.70. The van der Waals surface area contributed by atoms with Crippen molar-refractivity contribution in [2.75, 3.05) is 24.6 Å². The number of carbonyl (C=O) groups excluding carboxylic acids is 1. The molecule has 156 valence electrons. The van der Waals surface area contributed by atoms with E-state index in [1.54, 1.807) is 0 Å². The van der Waals surface area contributed by atoms with Crippen LogP contribution < -0.4 is 11.1 Å². The Kier molecular flexibility index (Phi) is 5.14. The van der Waals surface area contributed by atoms with E-state index in [4.69, 9.17) is 22.3 Å². The van der Waals surface area contributed by atoms with Gasteiger partial charge in [0.25, 0.3) is 5.91 Å². The second-order valence-corrected chi connectivity index (χ2v) is 9.13. The summed E-state index contributed by atoms with van der Waals surface area (Å²) in [6.07, 6.45) is 0.850. The smallest absolute Gasteiger partial charge is 0.267 e. The van der Waals surface area contributed by atoms with Gasteiger partial charge in [-0.05, 0) is 30.8 Å². The number of amides is 1. The van der Waals surface area contributed by atoms with Gasteiger partial charge in [0, 0.05) is 52.4 Å². The zero-order valence-corrected chi connectivity index (χ0v) is 18.6. The summed E-state index contributed by atoms with van der Waals surface area (Å²) in [5.74, 6) is -0.230. The van der Waals surface area contributed by atoms with E-state index < -0.39 is 0 Å². The molecule has 0 saturated carbocycles. The number of para-hydroxylation sites is 1. The second kappa shape index (κ2) is 7.96. The van der Waals surface area contributed by atoms with Crippen molar-refractivity contribution in [3.63, 3.8) is 0 Å². The van der Waals surface area contributed by atoms with Gasteiger partial charge in [-0.2, -0.15) is 0 Å². The van der Waals surface area contributed by atoms with Gasteiger partial charge in [0.05, 0.1) is 5.69 Å². The molecule has 7 heteroatoms. The number of anilines is 2. The molecule has 4 aromatic rings. The standard InChI is InChI=1S/C24H21ClN4OS/c1-29-12-11-18-16(13-29)19(15-9-5-6-10-17(15)25)20-21(26)22(31-24(20)28-18)23(30)27-14-7-3-2-4-8-14/h2-10H,11-13,26H2,1H3,(H,27,30). The van der Waals surface area contributed by atoms with Crippen molar-refractivity contribution in [1.29, 1.82) is 0 Å². The number of pyridine rings is 1. The molecular weight excluding hydrogens is 428 g/mol. The molecule has 1 aliphatic heterocycles. The van der Waals surface area contributed by atoms with Crippen molar-refractivity contribution >= 4 is 50.4 Å². The van der Waals surface area contributed by atoms with Crippen molar-refractivity contribution in [3.05, 3.63) is 75.8 Å². The highest BCUT2D eigenvalue weighted by atomic mass is 35.5. The van der Waals surface area contributed by atoms with Crippen LogP contribution in [0.1, 0.15) is 20.9 Å². The molecule has 0 saturated heterocycles. The number of nitrogens with two attached hydrogens (primary N) is 1. The zero-order valence-electron chi connectivity index (χ0n) is 17.0. The fraction of sp³-hybridized carbons (Fsp3) is 0.167. The predicted octanol–water partition coefficient (Wildman–Crippen LogP) is 5.44. The van der Waals surface area contributed by atoms with Crippen molar-refractivity contribution in [2.24, 2.45) is 0 Å². The van der Waals surface area contributed by atoms with Gasteiger partial charge in [-0.25, -0.2) is 4.98 Å². The molecule has 0 aliphatic carbocycles. The molecule has 2 aromatic heterocycles. The van der Waals surface area contributed by atoms with Crippen LogP contribution in [0, 0.1) is 0 Å². The molecule has 0 spiro atoms. The Bertz CT molecular complexity index is 1300. The Morgan fingerprint density at radius 1 is 1.16 bits per heavy atom. The fourth-order valence-electron chi connectivity index (χ4n) is 4.10. The number of hydrogen-bond acceptors (Lipinski definition) is 5. The molecule has 3 heterocycles. The zero-order chi connectivity index (χ0) is 21.5. The third kappa shape index (κ3) is 3.57. The molecule has 0 unspecified atom stereocenters. The first kappa shape index (κ1) is 20.0. The lowest BCUT2D eigenvalue weighted by Crippen LogP contribution is -2.28. The first-order valence-electron chi connectivity index (χ1n) is 10.1. The molecule has 1 aliphatic rings. The topological polar surface area (TPSA) is 71.2 Å². The normalized spacial score (nSPS) is 13.9. The third-order valence-electron chi connectivity index (χ3n) is 5.60. The summed E-state index contributed by atoms with van der Waals surface area (Å²) in [6, 6.07) is 17.1. The van der Waals surface area contributed by atoms with Gasteiger partial charge in [0.1, 0.15) is 9.71 Å². The highest BCUT2D eigenvalue weighted by Gasteiger charge is 2.27. The predicted molar refractivity (Wildman–Crippen MR) is 129 cm³/mol. The van der Waals surface area contributed by atoms with Gasteiger partial charge < -0.3 is 16.0 Å². The van der Waals surface area contributed by atoms with Gasteiger partial charge in [-0.1, -0.05) is 48.0 Å². The summed E-state index contributed by atoms with van der Waals surface area (Å²) >= 11 is 7.95. The van der Waals surface area contributed by atoms with E-state index in [1.807, 2.05) is 54.6 Å². The number of halogens is 1. The minimum atomic E-state index is -0.230. The number of likely N-dealkylation sites (N-methyl/N-ethyl adjacent to an activating group) is 1. The average molecular weight is 449 g/mol.